The molecule has 2 aromatic rings. The number of amides is 2. The number of pyridine rings is 2. The maximum Gasteiger partial charge on any atom is 0.309 e. The van der Waals surface area contributed by atoms with Gasteiger partial charge in [0.2, 0.25) is 0 Å². The molecule has 4 atom stereocenters. The topological polar surface area (TPSA) is 192 Å². The number of aromatic nitrogens is 2. The minimum absolute atomic E-state index is 0.0402. The van der Waals surface area contributed by atoms with Crippen LogP contribution in [0.15, 0.2) is 34.3 Å². The summed E-state index contributed by atoms with van der Waals surface area (Å²) in [5, 5.41) is 36.0. The van der Waals surface area contributed by atoms with Gasteiger partial charge in [-0.2, -0.15) is 0 Å². The van der Waals surface area contributed by atoms with E-state index in [4.69, 9.17) is 14.7 Å². The second-order valence-corrected chi connectivity index (χ2v) is 24.5. The first-order chi connectivity index (χ1) is 32.3. The molecule has 8 bridgehead atoms. The van der Waals surface area contributed by atoms with Gasteiger partial charge in [-0.05, 0) is 200 Å². The summed E-state index contributed by atoms with van der Waals surface area (Å²) in [6, 6.07) is 8.14. The van der Waals surface area contributed by atoms with Crippen LogP contribution in [0, 0.1) is 47.3 Å². The fraction of sp³-hybridized carbons (Fsp3) is 0.731. The van der Waals surface area contributed by atoms with Crippen molar-refractivity contribution in [1.82, 2.24) is 20.6 Å². The Kier molecular flexibility index (Phi) is 13.8. The van der Waals surface area contributed by atoms with Gasteiger partial charge in [-0.15, -0.1) is 23.5 Å². The van der Waals surface area contributed by atoms with E-state index < -0.39 is 17.2 Å². The number of thioether (sulfide) groups is 2. The average molecular weight is 957 g/mol. The molecular weight excluding hydrogens is 885 g/mol. The minimum Gasteiger partial charge on any atom is -0.481 e. The molecule has 0 aliphatic heterocycles. The van der Waals surface area contributed by atoms with E-state index in [9.17, 15) is 29.4 Å². The van der Waals surface area contributed by atoms with E-state index >= 15 is 0 Å². The van der Waals surface area contributed by atoms with Gasteiger partial charge in [0.1, 0.15) is 27.3 Å². The van der Waals surface area contributed by atoms with Crippen LogP contribution in [-0.4, -0.2) is 90.8 Å². The molecule has 2 heterocycles. The quantitative estimate of drug-likeness (QED) is 0.0651. The Morgan fingerprint density at radius 2 is 1.07 bits per heavy atom. The SMILES string of the molecule is CCCSc1nc(NC2CCC(C(=O)O[C@]34CC5CC(C3)[C@H](NC(=O)c3ccc(NC6CCC(C(=O)O)CC6)nc3SCCC)C(C5)C4)CC2)ccc1C(=O)N[C@H]1C2CC3CC1C[C@@](O)(C3)C2. The van der Waals surface area contributed by atoms with Gasteiger partial charge in [0.05, 0.1) is 28.6 Å². The molecule has 12 rings (SSSR count). The first-order valence-electron chi connectivity index (χ1n) is 26.0. The lowest BCUT2D eigenvalue weighted by molar-refractivity contribution is -0.195. The van der Waals surface area contributed by atoms with E-state index in [1.807, 2.05) is 24.3 Å². The molecule has 67 heavy (non-hydrogen) atoms. The van der Waals surface area contributed by atoms with Crippen molar-refractivity contribution in [3.63, 3.8) is 0 Å². The van der Waals surface area contributed by atoms with Crippen LogP contribution in [0.5, 0.6) is 0 Å². The molecule has 10 saturated carbocycles. The van der Waals surface area contributed by atoms with Crippen LogP contribution < -0.4 is 21.3 Å². The molecule has 0 saturated heterocycles. The number of carboxylic acids is 1. The molecule has 10 aliphatic carbocycles. The number of aliphatic carboxylic acids is 1. The maximum atomic E-state index is 14.1. The van der Waals surface area contributed by atoms with Gasteiger partial charge in [-0.3, -0.25) is 19.2 Å². The fourth-order valence-electron chi connectivity index (χ4n) is 14.7. The Hall–Kier alpha value is -3.56. The van der Waals surface area contributed by atoms with Crippen molar-refractivity contribution in [3.8, 4) is 0 Å². The molecule has 0 spiro atoms. The second-order valence-electron chi connectivity index (χ2n) is 22.3. The number of carboxylic acid groups (broad SMARTS) is 1. The summed E-state index contributed by atoms with van der Waals surface area (Å²) >= 11 is 3.24. The normalized spacial score (nSPS) is 36.9. The number of esters is 1. The van der Waals surface area contributed by atoms with Crippen molar-refractivity contribution in [2.45, 2.75) is 188 Å². The largest absolute Gasteiger partial charge is 0.481 e. The summed E-state index contributed by atoms with van der Waals surface area (Å²) in [6.45, 7) is 4.26. The third-order valence-electron chi connectivity index (χ3n) is 17.3. The summed E-state index contributed by atoms with van der Waals surface area (Å²) < 4.78 is 6.63. The average Bonchev–Trinajstić information content (AvgIpc) is 3.29. The first-order valence-corrected chi connectivity index (χ1v) is 27.9. The Morgan fingerprint density at radius 3 is 1.52 bits per heavy atom. The predicted molar refractivity (Wildman–Crippen MR) is 260 cm³/mol. The molecule has 10 fully saturated rings. The molecule has 10 aliphatic rings. The number of anilines is 2. The lowest BCUT2D eigenvalue weighted by Gasteiger charge is -2.59. The summed E-state index contributed by atoms with van der Waals surface area (Å²) in [4.78, 5) is 63.3. The van der Waals surface area contributed by atoms with Crippen molar-refractivity contribution in [2.75, 3.05) is 22.1 Å². The Bertz CT molecular complexity index is 2150. The number of nitrogens with one attached hydrogen (secondary N) is 4. The Labute approximate surface area is 404 Å². The maximum absolute atomic E-state index is 14.1. The number of ether oxygens (including phenoxy) is 1. The van der Waals surface area contributed by atoms with Crippen molar-refractivity contribution in [1.29, 1.82) is 0 Å². The van der Waals surface area contributed by atoms with Crippen LogP contribution in [0.4, 0.5) is 11.6 Å². The number of nitrogens with zero attached hydrogens (tertiary/aromatic N) is 2. The van der Waals surface area contributed by atoms with Crippen LogP contribution >= 0.6 is 23.5 Å². The number of hydrogen-bond donors (Lipinski definition) is 6. The summed E-state index contributed by atoms with van der Waals surface area (Å²) in [6.07, 6.45) is 17.3. The number of rotatable bonds is 17. The highest BCUT2D eigenvalue weighted by Gasteiger charge is 2.58. The number of aliphatic hydroxyl groups is 1. The van der Waals surface area contributed by atoms with E-state index in [1.165, 1.54) is 0 Å². The van der Waals surface area contributed by atoms with Crippen molar-refractivity contribution in [3.05, 3.63) is 35.4 Å². The van der Waals surface area contributed by atoms with Crippen LogP contribution in [0.2, 0.25) is 0 Å². The lowest BCUT2D eigenvalue weighted by atomic mass is 9.52. The molecule has 2 aromatic heterocycles. The van der Waals surface area contributed by atoms with E-state index in [0.717, 1.165) is 149 Å². The van der Waals surface area contributed by atoms with Crippen LogP contribution in [0.1, 0.15) is 163 Å². The molecular formula is C52H72N6O7S2. The van der Waals surface area contributed by atoms with Gasteiger partial charge < -0.3 is 36.2 Å². The third kappa shape index (κ3) is 10.2. The smallest absolute Gasteiger partial charge is 0.309 e. The van der Waals surface area contributed by atoms with Gasteiger partial charge >= 0.3 is 11.9 Å². The third-order valence-corrected chi connectivity index (χ3v) is 19.7. The lowest BCUT2D eigenvalue weighted by Crippen LogP contribution is -2.63. The molecule has 2 amide bonds. The summed E-state index contributed by atoms with van der Waals surface area (Å²) in [7, 11) is 0. The van der Waals surface area contributed by atoms with Crippen molar-refractivity contribution >= 4 is 58.9 Å². The van der Waals surface area contributed by atoms with Crippen LogP contribution in [0.25, 0.3) is 0 Å². The van der Waals surface area contributed by atoms with Gasteiger partial charge in [0.15, 0.2) is 0 Å². The highest BCUT2D eigenvalue weighted by atomic mass is 32.2. The van der Waals surface area contributed by atoms with Gasteiger partial charge in [-0.1, -0.05) is 13.8 Å². The standard InChI is InChI=1S/C52H72N6O7S2/c1-3-17-66-47-39(45(59)57-43-33-19-29-20-34(43)26-51(64,23-29)25-33)13-16-42(56-47)54-38-11-7-32(8-12-38)50(63)65-52-24-30-21-35(27-52)44(36(22-30)28-52)58-46(60)40-14-15-41(55-48(40)67-18-4-2)53-37-9-5-31(6-10-37)49(61)62/h13-16,29-38,43-44,64H,3-12,17-28H2,1-2H3,(H,53,55)(H,54,56)(H,57,59)(H,58,60)(H,61,62)/t29?,30?,31?,32?,33?,34?,35?,36?,37?,38?,43-,44-,51+,52+. The second kappa shape index (κ2) is 19.7. The van der Waals surface area contributed by atoms with Gasteiger partial charge in [0, 0.05) is 24.2 Å². The highest BCUT2D eigenvalue weighted by Crippen LogP contribution is 2.58. The van der Waals surface area contributed by atoms with Crippen molar-refractivity contribution < 1.29 is 34.1 Å². The zero-order valence-electron chi connectivity index (χ0n) is 39.4. The Morgan fingerprint density at radius 1 is 0.627 bits per heavy atom. The van der Waals surface area contributed by atoms with Gasteiger partial charge in [-0.25, -0.2) is 9.97 Å². The zero-order valence-corrected chi connectivity index (χ0v) is 41.1. The summed E-state index contributed by atoms with van der Waals surface area (Å²) in [5.41, 5.74) is 0.241. The highest BCUT2D eigenvalue weighted by molar-refractivity contribution is 7.99. The van der Waals surface area contributed by atoms with Crippen LogP contribution in [0.3, 0.4) is 0 Å². The predicted octanol–water partition coefficient (Wildman–Crippen LogP) is 9.10. The molecule has 6 N–H and O–H groups in total. The zero-order chi connectivity index (χ0) is 46.5. The van der Waals surface area contributed by atoms with E-state index in [0.29, 0.717) is 47.6 Å². The fourth-order valence-corrected chi connectivity index (χ4v) is 16.4. The van der Waals surface area contributed by atoms with E-state index in [-0.39, 0.29) is 65.6 Å². The van der Waals surface area contributed by atoms with Crippen molar-refractivity contribution in [2.24, 2.45) is 47.3 Å². The minimum atomic E-state index is -0.712. The first kappa shape index (κ1) is 47.1. The summed E-state index contributed by atoms with van der Waals surface area (Å²) in [5.74, 6) is 4.21. The monoisotopic (exact) mass is 956 g/mol. The molecule has 364 valence electrons. The number of carbonyl (C=O) groups excluding carboxylic acids is 3. The van der Waals surface area contributed by atoms with Crippen LogP contribution in [-0.2, 0) is 14.3 Å². The number of hydrogen-bond acceptors (Lipinski definition) is 12. The Balaban J connectivity index is 0.717. The van der Waals surface area contributed by atoms with E-state index in [2.05, 4.69) is 35.1 Å². The molecule has 4 unspecified atom stereocenters. The molecule has 15 heteroatoms. The molecule has 0 aromatic carbocycles. The molecule has 13 nitrogen and oxygen atoms in total. The van der Waals surface area contributed by atoms with Gasteiger partial charge in [0.25, 0.3) is 11.8 Å². The van der Waals surface area contributed by atoms with E-state index in [1.54, 1.807) is 23.5 Å². The molecule has 0 radical (unpaired) electrons. The number of carbonyl (C=O) groups is 4.